The Morgan fingerprint density at radius 3 is 2.63 bits per heavy atom. The van der Waals surface area contributed by atoms with Crippen molar-refractivity contribution >= 4 is 11.1 Å². The van der Waals surface area contributed by atoms with Gasteiger partial charge in [-0.3, -0.25) is 0 Å². The van der Waals surface area contributed by atoms with Gasteiger partial charge in [0.1, 0.15) is 17.9 Å². The summed E-state index contributed by atoms with van der Waals surface area (Å²) < 4.78 is 11.2. The van der Waals surface area contributed by atoms with Crippen LogP contribution in [0.25, 0.3) is 11.1 Å². The molecule has 0 atom stereocenters. The summed E-state index contributed by atoms with van der Waals surface area (Å²) in [4.78, 5) is 4.29. The number of hydrogen-bond donors (Lipinski definition) is 0. The van der Waals surface area contributed by atoms with E-state index in [0.29, 0.717) is 12.5 Å². The highest BCUT2D eigenvalue weighted by molar-refractivity contribution is 5.74. The Labute approximate surface area is 111 Å². The summed E-state index contributed by atoms with van der Waals surface area (Å²) in [7, 11) is 0. The van der Waals surface area contributed by atoms with Crippen LogP contribution in [0.4, 0.5) is 0 Å². The maximum Gasteiger partial charge on any atom is 0.192 e. The molecule has 0 saturated carbocycles. The van der Waals surface area contributed by atoms with Crippen molar-refractivity contribution in [2.24, 2.45) is 0 Å². The Hall–Kier alpha value is -2.29. The number of ether oxygens (including phenoxy) is 1. The minimum absolute atomic E-state index is 0.558. The van der Waals surface area contributed by atoms with Crippen molar-refractivity contribution in [1.82, 2.24) is 4.98 Å². The molecule has 0 amide bonds. The average Bonchev–Trinajstić information content (AvgIpc) is 2.77. The molecule has 0 spiro atoms. The molecular formula is C16H15NO2. The number of hydrogen-bond acceptors (Lipinski definition) is 3. The number of aryl methyl sites for hydroxylation is 2. The van der Waals surface area contributed by atoms with Crippen LogP contribution >= 0.6 is 0 Å². The molecule has 1 heterocycles. The van der Waals surface area contributed by atoms with Crippen molar-refractivity contribution in [3.05, 3.63) is 59.5 Å². The highest BCUT2D eigenvalue weighted by atomic mass is 16.5. The Balaban J connectivity index is 1.75. The van der Waals surface area contributed by atoms with E-state index in [1.165, 1.54) is 5.56 Å². The zero-order chi connectivity index (χ0) is 13.2. The van der Waals surface area contributed by atoms with Crippen molar-refractivity contribution in [3.8, 4) is 5.75 Å². The number of nitrogens with zero attached hydrogens (tertiary/aromatic N) is 1. The molecule has 0 aliphatic heterocycles. The molecule has 0 unspecified atom stereocenters. The van der Waals surface area contributed by atoms with E-state index in [1.807, 2.05) is 25.1 Å². The van der Waals surface area contributed by atoms with Crippen LogP contribution in [0.1, 0.15) is 17.0 Å². The second-order valence-electron chi connectivity index (χ2n) is 4.64. The summed E-state index contributed by atoms with van der Waals surface area (Å²) in [6.45, 7) is 4.47. The molecule has 1 aromatic heterocycles. The van der Waals surface area contributed by atoms with Gasteiger partial charge in [0.05, 0.1) is 0 Å². The van der Waals surface area contributed by atoms with E-state index in [-0.39, 0.29) is 0 Å². The number of rotatable bonds is 3. The minimum Gasteiger partial charge on any atom is -0.489 e. The van der Waals surface area contributed by atoms with Crippen LogP contribution in [-0.4, -0.2) is 4.98 Å². The SMILES string of the molecule is Cc1ccc(COc2ccc3oc(C)nc3c2)cc1. The molecule has 3 nitrogen and oxygen atoms in total. The van der Waals surface area contributed by atoms with Crippen LogP contribution in [0, 0.1) is 13.8 Å². The quantitative estimate of drug-likeness (QED) is 0.707. The summed E-state index contributed by atoms with van der Waals surface area (Å²) >= 11 is 0. The van der Waals surface area contributed by atoms with Crippen LogP contribution in [-0.2, 0) is 6.61 Å². The van der Waals surface area contributed by atoms with Crippen LogP contribution in [0.5, 0.6) is 5.75 Å². The topological polar surface area (TPSA) is 35.3 Å². The van der Waals surface area contributed by atoms with Gasteiger partial charge in [-0.05, 0) is 24.6 Å². The van der Waals surface area contributed by atoms with Crippen LogP contribution in [0.3, 0.4) is 0 Å². The predicted molar refractivity (Wildman–Crippen MR) is 74.3 cm³/mol. The van der Waals surface area contributed by atoms with Crippen molar-refractivity contribution in [3.63, 3.8) is 0 Å². The number of aromatic nitrogens is 1. The van der Waals surface area contributed by atoms with Crippen LogP contribution in [0.15, 0.2) is 46.9 Å². The monoisotopic (exact) mass is 253 g/mol. The van der Waals surface area contributed by atoms with Gasteiger partial charge in [-0.25, -0.2) is 4.98 Å². The highest BCUT2D eigenvalue weighted by Gasteiger charge is 2.04. The van der Waals surface area contributed by atoms with Gasteiger partial charge in [0.15, 0.2) is 11.5 Å². The molecule has 0 radical (unpaired) electrons. The first kappa shape index (κ1) is 11.8. The maximum atomic E-state index is 5.77. The fourth-order valence-corrected chi connectivity index (χ4v) is 1.96. The molecule has 96 valence electrons. The molecule has 0 N–H and O–H groups in total. The van der Waals surface area contributed by atoms with Crippen molar-refractivity contribution in [2.75, 3.05) is 0 Å². The third-order valence-corrected chi connectivity index (χ3v) is 2.99. The molecular weight excluding hydrogens is 238 g/mol. The minimum atomic E-state index is 0.558. The lowest BCUT2D eigenvalue weighted by atomic mass is 10.2. The van der Waals surface area contributed by atoms with E-state index in [2.05, 4.69) is 36.2 Å². The largest absolute Gasteiger partial charge is 0.489 e. The van der Waals surface area contributed by atoms with Crippen molar-refractivity contribution in [2.45, 2.75) is 20.5 Å². The molecule has 3 aromatic rings. The third kappa shape index (κ3) is 2.60. The van der Waals surface area contributed by atoms with E-state index in [1.54, 1.807) is 0 Å². The summed E-state index contributed by atoms with van der Waals surface area (Å²) in [6.07, 6.45) is 0. The van der Waals surface area contributed by atoms with E-state index >= 15 is 0 Å². The highest BCUT2D eigenvalue weighted by Crippen LogP contribution is 2.22. The molecule has 3 heteroatoms. The maximum absolute atomic E-state index is 5.77. The smallest absolute Gasteiger partial charge is 0.192 e. The molecule has 0 fully saturated rings. The second kappa shape index (κ2) is 4.76. The Morgan fingerprint density at radius 2 is 1.84 bits per heavy atom. The lowest BCUT2D eigenvalue weighted by molar-refractivity contribution is 0.306. The lowest BCUT2D eigenvalue weighted by Gasteiger charge is -2.06. The number of benzene rings is 2. The van der Waals surface area contributed by atoms with Crippen molar-refractivity contribution in [1.29, 1.82) is 0 Å². The zero-order valence-corrected chi connectivity index (χ0v) is 11.0. The first-order valence-electron chi connectivity index (χ1n) is 6.26. The summed E-state index contributed by atoms with van der Waals surface area (Å²) in [5, 5.41) is 0. The van der Waals surface area contributed by atoms with E-state index in [0.717, 1.165) is 22.4 Å². The fourth-order valence-electron chi connectivity index (χ4n) is 1.96. The van der Waals surface area contributed by atoms with E-state index < -0.39 is 0 Å². The zero-order valence-electron chi connectivity index (χ0n) is 11.0. The molecule has 2 aromatic carbocycles. The lowest BCUT2D eigenvalue weighted by Crippen LogP contribution is -1.95. The van der Waals surface area contributed by atoms with Crippen LogP contribution in [0.2, 0.25) is 0 Å². The summed E-state index contributed by atoms with van der Waals surface area (Å²) in [5.41, 5.74) is 4.03. The van der Waals surface area contributed by atoms with Gasteiger partial charge in [-0.1, -0.05) is 29.8 Å². The predicted octanol–water partition coefficient (Wildman–Crippen LogP) is 4.02. The van der Waals surface area contributed by atoms with Crippen molar-refractivity contribution < 1.29 is 9.15 Å². The number of oxazole rings is 1. The Bertz CT molecular complexity index is 698. The first-order valence-corrected chi connectivity index (χ1v) is 6.26. The van der Waals surface area contributed by atoms with E-state index in [9.17, 15) is 0 Å². The fraction of sp³-hybridized carbons (Fsp3) is 0.188. The average molecular weight is 253 g/mol. The second-order valence-corrected chi connectivity index (χ2v) is 4.64. The molecule has 0 bridgehead atoms. The van der Waals surface area contributed by atoms with E-state index in [4.69, 9.17) is 9.15 Å². The molecule has 0 aliphatic carbocycles. The standard InChI is InChI=1S/C16H15NO2/c1-11-3-5-13(6-4-11)10-18-14-7-8-16-15(9-14)17-12(2)19-16/h3-9H,10H2,1-2H3. The van der Waals surface area contributed by atoms with Gasteiger partial charge in [-0.15, -0.1) is 0 Å². The van der Waals surface area contributed by atoms with Gasteiger partial charge >= 0.3 is 0 Å². The van der Waals surface area contributed by atoms with Gasteiger partial charge in [0, 0.05) is 13.0 Å². The normalized spacial score (nSPS) is 10.8. The molecule has 0 aliphatic rings. The summed E-state index contributed by atoms with van der Waals surface area (Å²) in [6, 6.07) is 14.0. The first-order chi connectivity index (χ1) is 9.20. The van der Waals surface area contributed by atoms with Gasteiger partial charge < -0.3 is 9.15 Å². The Morgan fingerprint density at radius 1 is 1.05 bits per heavy atom. The summed E-state index contributed by atoms with van der Waals surface area (Å²) in [5.74, 6) is 1.48. The number of fused-ring (bicyclic) bond motifs is 1. The van der Waals surface area contributed by atoms with Gasteiger partial charge in [-0.2, -0.15) is 0 Å². The Kier molecular flexibility index (Phi) is 2.95. The van der Waals surface area contributed by atoms with Crippen LogP contribution < -0.4 is 4.74 Å². The van der Waals surface area contributed by atoms with Gasteiger partial charge in [0.2, 0.25) is 0 Å². The van der Waals surface area contributed by atoms with Gasteiger partial charge in [0.25, 0.3) is 0 Å². The molecule has 3 rings (SSSR count). The molecule has 0 saturated heterocycles. The third-order valence-electron chi connectivity index (χ3n) is 2.99. The molecule has 19 heavy (non-hydrogen) atoms.